The summed E-state index contributed by atoms with van der Waals surface area (Å²) in [6.07, 6.45) is 4.26. The first-order valence-corrected chi connectivity index (χ1v) is 7.86. The average molecular weight is 269 g/mol. The maximum Gasteiger partial charge on any atom is 0.152 e. The fourth-order valence-electron chi connectivity index (χ4n) is 2.35. The van der Waals surface area contributed by atoms with Gasteiger partial charge in [-0.25, -0.2) is 8.42 Å². The van der Waals surface area contributed by atoms with E-state index in [1.165, 1.54) is 0 Å². The molecule has 1 aromatic rings. The van der Waals surface area contributed by atoms with Crippen LogP contribution in [-0.2, 0) is 16.4 Å². The van der Waals surface area contributed by atoms with Crippen LogP contribution in [0.2, 0.25) is 0 Å². The SMILES string of the molecule is CNCc1ccncc1N(C)C1CCS(=O)(=O)C1. The van der Waals surface area contributed by atoms with Crippen molar-refractivity contribution in [2.75, 3.05) is 30.5 Å². The van der Waals surface area contributed by atoms with Crippen LogP contribution in [0.1, 0.15) is 12.0 Å². The fraction of sp³-hybridized carbons (Fsp3) is 0.583. The van der Waals surface area contributed by atoms with Crippen molar-refractivity contribution in [1.29, 1.82) is 0 Å². The summed E-state index contributed by atoms with van der Waals surface area (Å²) in [6.45, 7) is 0.752. The minimum absolute atomic E-state index is 0.0646. The summed E-state index contributed by atoms with van der Waals surface area (Å²) in [5.74, 6) is 0.543. The molecule has 1 atom stereocenters. The van der Waals surface area contributed by atoms with Gasteiger partial charge in [-0.3, -0.25) is 4.98 Å². The highest BCUT2D eigenvalue weighted by Gasteiger charge is 2.31. The third-order valence-electron chi connectivity index (χ3n) is 3.39. The molecule has 5 nitrogen and oxygen atoms in total. The number of aromatic nitrogens is 1. The molecule has 1 aliphatic heterocycles. The van der Waals surface area contributed by atoms with Crippen molar-refractivity contribution in [2.24, 2.45) is 0 Å². The highest BCUT2D eigenvalue weighted by atomic mass is 32.2. The highest BCUT2D eigenvalue weighted by molar-refractivity contribution is 7.91. The average Bonchev–Trinajstić information content (AvgIpc) is 2.70. The van der Waals surface area contributed by atoms with E-state index in [2.05, 4.69) is 10.3 Å². The number of pyridine rings is 1. The van der Waals surface area contributed by atoms with Gasteiger partial charge >= 0.3 is 0 Å². The van der Waals surface area contributed by atoms with Crippen molar-refractivity contribution in [1.82, 2.24) is 10.3 Å². The molecule has 6 heteroatoms. The molecule has 0 bridgehead atoms. The number of hydrogen-bond acceptors (Lipinski definition) is 5. The second kappa shape index (κ2) is 5.24. The third-order valence-corrected chi connectivity index (χ3v) is 5.14. The lowest BCUT2D eigenvalue weighted by Gasteiger charge is -2.27. The van der Waals surface area contributed by atoms with Crippen LogP contribution in [0.4, 0.5) is 5.69 Å². The van der Waals surface area contributed by atoms with Crippen molar-refractivity contribution < 1.29 is 8.42 Å². The van der Waals surface area contributed by atoms with E-state index in [0.717, 1.165) is 17.8 Å². The second-order valence-corrected chi connectivity index (χ2v) is 6.93. The van der Waals surface area contributed by atoms with Crippen molar-refractivity contribution in [3.05, 3.63) is 24.0 Å². The maximum absolute atomic E-state index is 11.5. The van der Waals surface area contributed by atoms with E-state index in [1.54, 1.807) is 12.4 Å². The molecule has 1 N–H and O–H groups in total. The molecule has 1 aliphatic rings. The Morgan fingerprint density at radius 3 is 2.94 bits per heavy atom. The van der Waals surface area contributed by atoms with E-state index in [0.29, 0.717) is 12.2 Å². The van der Waals surface area contributed by atoms with Crippen LogP contribution in [0.5, 0.6) is 0 Å². The number of rotatable bonds is 4. The summed E-state index contributed by atoms with van der Waals surface area (Å²) in [5.41, 5.74) is 2.15. The molecule has 0 spiro atoms. The number of sulfone groups is 1. The molecule has 18 heavy (non-hydrogen) atoms. The molecule has 0 amide bonds. The molecular formula is C12H19N3O2S. The molecule has 1 saturated heterocycles. The van der Waals surface area contributed by atoms with Gasteiger partial charge in [-0.1, -0.05) is 0 Å². The van der Waals surface area contributed by atoms with E-state index in [9.17, 15) is 8.42 Å². The zero-order chi connectivity index (χ0) is 13.2. The highest BCUT2D eigenvalue weighted by Crippen LogP contribution is 2.25. The molecule has 1 aromatic heterocycles. The second-order valence-electron chi connectivity index (χ2n) is 4.70. The zero-order valence-corrected chi connectivity index (χ0v) is 11.6. The smallest absolute Gasteiger partial charge is 0.152 e. The molecular weight excluding hydrogens is 250 g/mol. The Labute approximate surface area is 108 Å². The van der Waals surface area contributed by atoms with Gasteiger partial charge in [-0.2, -0.15) is 0 Å². The van der Waals surface area contributed by atoms with Crippen molar-refractivity contribution in [3.8, 4) is 0 Å². The van der Waals surface area contributed by atoms with Gasteiger partial charge in [0, 0.05) is 25.8 Å². The zero-order valence-electron chi connectivity index (χ0n) is 10.8. The van der Waals surface area contributed by atoms with Gasteiger partial charge in [-0.05, 0) is 25.1 Å². The van der Waals surface area contributed by atoms with Gasteiger partial charge in [0.1, 0.15) is 0 Å². The topological polar surface area (TPSA) is 62.3 Å². The predicted octanol–water partition coefficient (Wildman–Crippen LogP) is 0.424. The van der Waals surface area contributed by atoms with Gasteiger partial charge in [-0.15, -0.1) is 0 Å². The Balaban J connectivity index is 2.21. The first kappa shape index (κ1) is 13.3. The van der Waals surface area contributed by atoms with Crippen molar-refractivity contribution in [3.63, 3.8) is 0 Å². The van der Waals surface area contributed by atoms with Gasteiger partial charge in [0.05, 0.1) is 23.4 Å². The van der Waals surface area contributed by atoms with Crippen molar-refractivity contribution in [2.45, 2.75) is 19.0 Å². The quantitative estimate of drug-likeness (QED) is 0.858. The van der Waals surface area contributed by atoms with E-state index in [1.807, 2.05) is 25.1 Å². The van der Waals surface area contributed by atoms with E-state index in [-0.39, 0.29) is 11.8 Å². The Morgan fingerprint density at radius 1 is 1.56 bits per heavy atom. The van der Waals surface area contributed by atoms with Gasteiger partial charge in [0.25, 0.3) is 0 Å². The van der Waals surface area contributed by atoms with Crippen LogP contribution in [-0.4, -0.2) is 45.0 Å². The summed E-state index contributed by atoms with van der Waals surface area (Å²) in [6, 6.07) is 2.03. The van der Waals surface area contributed by atoms with Crippen LogP contribution in [0.15, 0.2) is 18.5 Å². The van der Waals surface area contributed by atoms with Crippen molar-refractivity contribution >= 4 is 15.5 Å². The Hall–Kier alpha value is -1.14. The van der Waals surface area contributed by atoms with Crippen LogP contribution in [0.3, 0.4) is 0 Å². The van der Waals surface area contributed by atoms with Gasteiger partial charge in [0.2, 0.25) is 0 Å². The number of anilines is 1. The molecule has 2 rings (SSSR count). The van der Waals surface area contributed by atoms with Gasteiger partial charge < -0.3 is 10.2 Å². The van der Waals surface area contributed by atoms with Crippen LogP contribution >= 0.6 is 0 Å². The predicted molar refractivity (Wildman–Crippen MR) is 72.5 cm³/mol. The summed E-state index contributed by atoms with van der Waals surface area (Å²) in [5, 5.41) is 3.11. The molecule has 1 unspecified atom stereocenters. The lowest BCUT2D eigenvalue weighted by Crippen LogP contribution is -2.33. The molecule has 1 fully saturated rings. The molecule has 0 saturated carbocycles. The minimum Gasteiger partial charge on any atom is -0.369 e. The molecule has 0 aliphatic carbocycles. The summed E-state index contributed by atoms with van der Waals surface area (Å²) in [4.78, 5) is 6.18. The van der Waals surface area contributed by atoms with E-state index >= 15 is 0 Å². The van der Waals surface area contributed by atoms with Crippen LogP contribution in [0.25, 0.3) is 0 Å². The van der Waals surface area contributed by atoms with E-state index < -0.39 is 9.84 Å². The van der Waals surface area contributed by atoms with Crippen LogP contribution < -0.4 is 10.2 Å². The monoisotopic (exact) mass is 269 g/mol. The Kier molecular flexibility index (Phi) is 3.87. The minimum atomic E-state index is -2.85. The first-order valence-electron chi connectivity index (χ1n) is 6.04. The Morgan fingerprint density at radius 2 is 2.33 bits per heavy atom. The summed E-state index contributed by atoms with van der Waals surface area (Å²) >= 11 is 0. The van der Waals surface area contributed by atoms with Crippen LogP contribution in [0, 0.1) is 0 Å². The molecule has 0 aromatic carbocycles. The summed E-state index contributed by atoms with van der Waals surface area (Å²) < 4.78 is 23.1. The normalized spacial score (nSPS) is 22.0. The number of hydrogen-bond donors (Lipinski definition) is 1. The number of nitrogens with one attached hydrogen (secondary N) is 1. The Bertz CT molecular complexity index is 516. The summed E-state index contributed by atoms with van der Waals surface area (Å²) in [7, 11) is 0.988. The molecule has 0 radical (unpaired) electrons. The largest absolute Gasteiger partial charge is 0.369 e. The fourth-order valence-corrected chi connectivity index (χ4v) is 4.12. The van der Waals surface area contributed by atoms with E-state index in [4.69, 9.17) is 0 Å². The molecule has 2 heterocycles. The molecule has 100 valence electrons. The third kappa shape index (κ3) is 2.81. The number of nitrogens with zero attached hydrogens (tertiary/aromatic N) is 2. The first-order chi connectivity index (χ1) is 8.53. The lowest BCUT2D eigenvalue weighted by molar-refractivity contribution is 0.600. The lowest BCUT2D eigenvalue weighted by atomic mass is 10.1. The standard InChI is InChI=1S/C12H19N3O2S/c1-13-7-10-3-5-14-8-12(10)15(2)11-4-6-18(16,17)9-11/h3,5,8,11,13H,4,6-7,9H2,1-2H3. The maximum atomic E-state index is 11.5. The van der Waals surface area contributed by atoms with Gasteiger partial charge in [0.15, 0.2) is 9.84 Å².